The molecule has 1 saturated heterocycles. The van der Waals surface area contributed by atoms with Crippen molar-refractivity contribution in [3.05, 3.63) is 35.9 Å². The lowest BCUT2D eigenvalue weighted by Gasteiger charge is -2.24. The fourth-order valence-electron chi connectivity index (χ4n) is 2.61. The Balaban J connectivity index is 1.94. The second-order valence-electron chi connectivity index (χ2n) is 4.82. The quantitative estimate of drug-likeness (QED) is 0.833. The standard InChI is InChI=1S/C14H19NO3/c16-13(11-5-2-1-3-6-11)9-12-7-4-8-15(12)10-14(17)18/h1-3,5-6,12-13,16H,4,7-10H2,(H,17,18)/t12-,13+/m0/s1. The summed E-state index contributed by atoms with van der Waals surface area (Å²) in [7, 11) is 0. The number of nitrogens with zero attached hydrogens (tertiary/aromatic N) is 1. The zero-order valence-corrected chi connectivity index (χ0v) is 10.3. The van der Waals surface area contributed by atoms with Crippen LogP contribution in [0.5, 0.6) is 0 Å². The van der Waals surface area contributed by atoms with Crippen LogP contribution in [0.1, 0.15) is 30.9 Å². The fourth-order valence-corrected chi connectivity index (χ4v) is 2.61. The molecular formula is C14H19NO3. The van der Waals surface area contributed by atoms with E-state index in [1.165, 1.54) is 0 Å². The number of benzene rings is 1. The number of aliphatic hydroxyl groups is 1. The first-order valence-corrected chi connectivity index (χ1v) is 6.35. The van der Waals surface area contributed by atoms with Gasteiger partial charge in [0.05, 0.1) is 12.6 Å². The van der Waals surface area contributed by atoms with Crippen molar-refractivity contribution in [2.24, 2.45) is 0 Å². The average Bonchev–Trinajstić information content (AvgIpc) is 2.77. The minimum absolute atomic E-state index is 0.0756. The Morgan fingerprint density at radius 1 is 1.39 bits per heavy atom. The maximum atomic E-state index is 10.8. The van der Waals surface area contributed by atoms with Gasteiger partial charge in [-0.05, 0) is 31.4 Å². The third-order valence-corrected chi connectivity index (χ3v) is 3.52. The number of hydrogen-bond acceptors (Lipinski definition) is 3. The maximum Gasteiger partial charge on any atom is 0.317 e. The zero-order chi connectivity index (χ0) is 13.0. The average molecular weight is 249 g/mol. The van der Waals surface area contributed by atoms with Gasteiger partial charge in [0, 0.05) is 6.04 Å². The van der Waals surface area contributed by atoms with Crippen molar-refractivity contribution >= 4 is 5.97 Å². The number of rotatable bonds is 5. The van der Waals surface area contributed by atoms with Crippen LogP contribution in [-0.2, 0) is 4.79 Å². The van der Waals surface area contributed by atoms with Gasteiger partial charge in [0.25, 0.3) is 0 Å². The third kappa shape index (κ3) is 3.31. The van der Waals surface area contributed by atoms with Crippen LogP contribution in [-0.4, -0.2) is 40.2 Å². The topological polar surface area (TPSA) is 60.8 Å². The molecule has 18 heavy (non-hydrogen) atoms. The molecule has 1 aromatic rings. The second kappa shape index (κ2) is 5.98. The molecule has 4 heteroatoms. The highest BCUT2D eigenvalue weighted by atomic mass is 16.4. The van der Waals surface area contributed by atoms with E-state index in [-0.39, 0.29) is 12.6 Å². The minimum atomic E-state index is -0.795. The Bertz CT molecular complexity index is 393. The van der Waals surface area contributed by atoms with Gasteiger partial charge in [-0.2, -0.15) is 0 Å². The van der Waals surface area contributed by atoms with Gasteiger partial charge in [-0.3, -0.25) is 9.69 Å². The van der Waals surface area contributed by atoms with Gasteiger partial charge in [0.15, 0.2) is 0 Å². The maximum absolute atomic E-state index is 10.8. The molecule has 0 saturated carbocycles. The monoisotopic (exact) mass is 249 g/mol. The van der Waals surface area contributed by atoms with Gasteiger partial charge in [-0.15, -0.1) is 0 Å². The van der Waals surface area contributed by atoms with Crippen LogP contribution < -0.4 is 0 Å². The van der Waals surface area contributed by atoms with Gasteiger partial charge in [0.1, 0.15) is 0 Å². The first-order chi connectivity index (χ1) is 8.66. The van der Waals surface area contributed by atoms with Crippen LogP contribution in [0.2, 0.25) is 0 Å². The number of aliphatic hydroxyl groups excluding tert-OH is 1. The number of carbonyl (C=O) groups is 1. The smallest absolute Gasteiger partial charge is 0.317 e. The van der Waals surface area contributed by atoms with Crippen LogP contribution in [0.25, 0.3) is 0 Å². The lowest BCUT2D eigenvalue weighted by Crippen LogP contribution is -2.35. The van der Waals surface area contributed by atoms with E-state index in [9.17, 15) is 9.90 Å². The van der Waals surface area contributed by atoms with Crippen molar-refractivity contribution in [3.8, 4) is 0 Å². The van der Waals surface area contributed by atoms with E-state index < -0.39 is 12.1 Å². The summed E-state index contributed by atoms with van der Waals surface area (Å²) in [5.74, 6) is -0.795. The molecule has 1 aliphatic rings. The molecule has 0 spiro atoms. The van der Waals surface area contributed by atoms with Crippen molar-refractivity contribution < 1.29 is 15.0 Å². The van der Waals surface area contributed by atoms with Gasteiger partial charge in [0.2, 0.25) is 0 Å². The third-order valence-electron chi connectivity index (χ3n) is 3.52. The molecule has 2 N–H and O–H groups in total. The van der Waals surface area contributed by atoms with Crippen LogP contribution in [0.15, 0.2) is 30.3 Å². The predicted molar refractivity (Wildman–Crippen MR) is 68.2 cm³/mol. The highest BCUT2D eigenvalue weighted by Crippen LogP contribution is 2.26. The van der Waals surface area contributed by atoms with Crippen molar-refractivity contribution in [1.82, 2.24) is 4.90 Å². The molecule has 0 bridgehead atoms. The van der Waals surface area contributed by atoms with Crippen molar-refractivity contribution in [2.75, 3.05) is 13.1 Å². The summed E-state index contributed by atoms with van der Waals surface area (Å²) in [5, 5.41) is 19.0. The van der Waals surface area contributed by atoms with Gasteiger partial charge in [-0.1, -0.05) is 30.3 Å². The Labute approximate surface area is 107 Å². The number of likely N-dealkylation sites (tertiary alicyclic amines) is 1. The van der Waals surface area contributed by atoms with E-state index in [2.05, 4.69) is 0 Å². The second-order valence-corrected chi connectivity index (χ2v) is 4.82. The SMILES string of the molecule is O=C(O)CN1CCC[C@H]1C[C@@H](O)c1ccccc1. The molecule has 4 nitrogen and oxygen atoms in total. The zero-order valence-electron chi connectivity index (χ0n) is 10.3. The summed E-state index contributed by atoms with van der Waals surface area (Å²) in [5.41, 5.74) is 0.902. The van der Waals surface area contributed by atoms with E-state index in [0.717, 1.165) is 24.9 Å². The Morgan fingerprint density at radius 2 is 2.11 bits per heavy atom. The Kier molecular flexibility index (Phi) is 4.33. The molecule has 2 atom stereocenters. The van der Waals surface area contributed by atoms with Crippen molar-refractivity contribution in [2.45, 2.75) is 31.4 Å². The number of aliphatic carboxylic acids is 1. The highest BCUT2D eigenvalue weighted by Gasteiger charge is 2.28. The fraction of sp³-hybridized carbons (Fsp3) is 0.500. The first-order valence-electron chi connectivity index (χ1n) is 6.35. The van der Waals surface area contributed by atoms with Gasteiger partial charge >= 0.3 is 5.97 Å². The lowest BCUT2D eigenvalue weighted by molar-refractivity contribution is -0.138. The van der Waals surface area contributed by atoms with Gasteiger partial charge < -0.3 is 10.2 Å². The van der Waals surface area contributed by atoms with Crippen LogP contribution in [0.4, 0.5) is 0 Å². The number of hydrogen-bond donors (Lipinski definition) is 2. The molecule has 0 amide bonds. The Morgan fingerprint density at radius 3 is 2.78 bits per heavy atom. The molecule has 98 valence electrons. The van der Waals surface area contributed by atoms with E-state index in [0.29, 0.717) is 6.42 Å². The molecule has 2 rings (SSSR count). The van der Waals surface area contributed by atoms with Crippen LogP contribution >= 0.6 is 0 Å². The largest absolute Gasteiger partial charge is 0.480 e. The number of carboxylic acid groups (broad SMARTS) is 1. The van der Waals surface area contributed by atoms with Crippen molar-refractivity contribution in [3.63, 3.8) is 0 Å². The lowest BCUT2D eigenvalue weighted by atomic mass is 10.0. The molecule has 0 unspecified atom stereocenters. The molecule has 1 aliphatic heterocycles. The highest BCUT2D eigenvalue weighted by molar-refractivity contribution is 5.69. The molecule has 0 aliphatic carbocycles. The summed E-state index contributed by atoms with van der Waals surface area (Å²) < 4.78 is 0. The molecule has 1 heterocycles. The number of carboxylic acids is 1. The van der Waals surface area contributed by atoms with Crippen LogP contribution in [0, 0.1) is 0 Å². The van der Waals surface area contributed by atoms with E-state index in [1.54, 1.807) is 0 Å². The summed E-state index contributed by atoms with van der Waals surface area (Å²) in [6, 6.07) is 9.71. The molecule has 0 radical (unpaired) electrons. The molecular weight excluding hydrogens is 230 g/mol. The first kappa shape index (κ1) is 13.1. The van der Waals surface area contributed by atoms with Crippen molar-refractivity contribution in [1.29, 1.82) is 0 Å². The van der Waals surface area contributed by atoms with E-state index in [1.807, 2.05) is 35.2 Å². The summed E-state index contributed by atoms with van der Waals surface area (Å²) in [6.07, 6.45) is 2.08. The Hall–Kier alpha value is -1.39. The normalized spacial score (nSPS) is 21.9. The molecule has 1 fully saturated rings. The predicted octanol–water partition coefficient (Wildman–Crippen LogP) is 1.66. The van der Waals surface area contributed by atoms with E-state index >= 15 is 0 Å². The summed E-state index contributed by atoms with van der Waals surface area (Å²) >= 11 is 0. The molecule has 0 aromatic heterocycles. The minimum Gasteiger partial charge on any atom is -0.480 e. The summed E-state index contributed by atoms with van der Waals surface area (Å²) in [6.45, 7) is 0.894. The molecule has 1 aromatic carbocycles. The summed E-state index contributed by atoms with van der Waals surface area (Å²) in [4.78, 5) is 12.7. The van der Waals surface area contributed by atoms with Crippen LogP contribution in [0.3, 0.4) is 0 Å². The van der Waals surface area contributed by atoms with E-state index in [4.69, 9.17) is 5.11 Å². The van der Waals surface area contributed by atoms with Gasteiger partial charge in [-0.25, -0.2) is 0 Å².